The standard InChI is InChI=1S/C19H16N.2C18H14N.C15H12N2.C12H11N2.C12H10N.3C11H8N.3Ir/c1-14-6-5-8-16(12-14)19-11-10-17(13-20-19)18-9-4-3-7-15(18)2;1-2-6-14(7-3-1)15-9-10-16-13-19-11-5-4-8-18(19)17(16)12-15;1-14-12-18(16-10-6-3-7-11-16)19-13-17(14)15-8-4-2-5-9-15;1-3-7-14(8-4-1)16-11-12-17(13-16)15-9-5-2-6-10-15;1-9-6-7-14-8-10-4-2-3-5-11(10)12(14)13-9;1-2-6-11-10(5-1)9-13-8-4-3-7-12(11)13;3*1-2-6-10(7-3-1)11-8-4-5-9-12-11;;;/h3-7,9-13H,1-2H3;1-12H,13H2;2-10,12-13H,1H3;1-9,11-13H;2-7H,8H2,1H3;1-8H,9H2;3*1-6,8-9H;;;/q-1;+1;-1;-2;2*+1;3*-1;;;+3/i;;;;;1D,2D,3D,4D,5D,6D,7D;;;;;;. The summed E-state index contributed by atoms with van der Waals surface area (Å²) in [5, 5.41) is 0. The Labute approximate surface area is 879 Å². The molecule has 0 spiro atoms. The number of nitrogens with zero attached hydrogens (tertiary/aromatic N) is 11. The van der Waals surface area contributed by atoms with E-state index in [1.165, 1.54) is 78.7 Å². The number of para-hydroxylation sites is 2. The predicted octanol–water partition coefficient (Wildman–Crippen LogP) is 27.8. The minimum atomic E-state index is -0.344. The summed E-state index contributed by atoms with van der Waals surface area (Å²) in [4.78, 5) is 30.5. The summed E-state index contributed by atoms with van der Waals surface area (Å²) >= 11 is 0. The number of anilines is 2. The van der Waals surface area contributed by atoms with E-state index < -0.39 is 0 Å². The Morgan fingerprint density at radius 2 is 0.809 bits per heavy atom. The third-order valence-electron chi connectivity index (χ3n) is 22.8. The van der Waals surface area contributed by atoms with E-state index in [4.69, 9.17) is 9.60 Å². The van der Waals surface area contributed by atoms with Crippen molar-refractivity contribution in [3.63, 3.8) is 0 Å². The van der Waals surface area contributed by atoms with E-state index in [2.05, 4.69) is 283 Å². The maximum atomic E-state index is 7.97. The molecule has 141 heavy (non-hydrogen) atoms. The minimum absolute atomic E-state index is 0. The number of aryl methyl sites for hydroxylation is 4. The van der Waals surface area contributed by atoms with Crippen LogP contribution in [0, 0.1) is 70.8 Å². The first kappa shape index (κ1) is 91.7. The van der Waals surface area contributed by atoms with Crippen molar-refractivity contribution >= 4 is 11.4 Å². The van der Waals surface area contributed by atoms with Gasteiger partial charge in [-0.1, -0.05) is 213 Å². The van der Waals surface area contributed by atoms with Gasteiger partial charge in [-0.25, -0.2) is 4.57 Å². The molecule has 8 aromatic heterocycles. The van der Waals surface area contributed by atoms with Crippen LogP contribution in [0.2, 0.25) is 0 Å². The van der Waals surface area contributed by atoms with Gasteiger partial charge in [0.15, 0.2) is 31.2 Å². The average molecular weight is 2360 g/mol. The molecule has 2 radical (unpaired) electrons. The first-order valence-electron chi connectivity index (χ1n) is 49.0. The Morgan fingerprint density at radius 3 is 1.40 bits per heavy atom. The fourth-order valence-electron chi connectivity index (χ4n) is 15.8. The second-order valence-electron chi connectivity index (χ2n) is 32.3. The first-order valence-corrected chi connectivity index (χ1v) is 45.5. The Balaban J connectivity index is 0.000000132. The number of benzene rings is 13. The van der Waals surface area contributed by atoms with Crippen LogP contribution in [-0.2, 0) is 80.0 Å². The second-order valence-corrected chi connectivity index (χ2v) is 32.3. The number of hydrogen-bond donors (Lipinski definition) is 0. The molecule has 0 saturated carbocycles. The number of rotatable bonds is 10. The van der Waals surface area contributed by atoms with Crippen molar-refractivity contribution < 1.29 is 83.6 Å². The van der Waals surface area contributed by atoms with Gasteiger partial charge in [-0.2, -0.15) is 39.5 Å². The summed E-state index contributed by atoms with van der Waals surface area (Å²) in [6.45, 7) is 12.5. The van der Waals surface area contributed by atoms with Crippen LogP contribution in [-0.4, -0.2) is 29.9 Å². The zero-order valence-electron chi connectivity index (χ0n) is 84.9. The summed E-state index contributed by atoms with van der Waals surface area (Å²) in [7, 11) is 0. The largest absolute Gasteiger partial charge is 3.00 e. The van der Waals surface area contributed by atoms with Gasteiger partial charge in [0.05, 0.1) is 32.5 Å². The minimum Gasteiger partial charge on any atom is -0.500 e. The Morgan fingerprint density at radius 1 is 0.305 bits per heavy atom. The first-order chi connectivity index (χ1) is 71.0. The second kappa shape index (κ2) is 52.2. The van der Waals surface area contributed by atoms with Crippen LogP contribution in [0.5, 0.6) is 0 Å². The van der Waals surface area contributed by atoms with Crippen molar-refractivity contribution in [3.8, 4) is 124 Å². The number of hydrogen-bond acceptors (Lipinski definition) is 8. The summed E-state index contributed by atoms with van der Waals surface area (Å²) in [5.41, 5.74) is 32.1. The van der Waals surface area contributed by atoms with Crippen molar-refractivity contribution in [2.24, 2.45) is 0 Å². The zero-order chi connectivity index (χ0) is 100. The molecule has 0 unspecified atom stereocenters. The molecule has 0 bridgehead atoms. The molecular formula is C127H101Ir3N11-. The van der Waals surface area contributed by atoms with Crippen LogP contribution in [0.25, 0.3) is 124 Å². The smallest absolute Gasteiger partial charge is 0.500 e. The Hall–Kier alpha value is -15.7. The monoisotopic (exact) mass is 2370 g/mol. The quantitative estimate of drug-likeness (QED) is 0.0987. The predicted molar refractivity (Wildman–Crippen MR) is 559 cm³/mol. The van der Waals surface area contributed by atoms with E-state index in [1.807, 2.05) is 268 Å². The molecule has 0 saturated heterocycles. The van der Waals surface area contributed by atoms with E-state index in [0.717, 1.165) is 97.8 Å². The van der Waals surface area contributed by atoms with Gasteiger partial charge in [-0.05, 0) is 159 Å². The van der Waals surface area contributed by atoms with Crippen LogP contribution < -0.4 is 23.5 Å². The molecule has 4 aliphatic heterocycles. The third-order valence-corrected chi connectivity index (χ3v) is 22.8. The van der Waals surface area contributed by atoms with E-state index in [9.17, 15) is 0 Å². The van der Waals surface area contributed by atoms with Crippen molar-refractivity contribution in [1.29, 1.82) is 0 Å². The van der Waals surface area contributed by atoms with Crippen LogP contribution >= 0.6 is 0 Å². The van der Waals surface area contributed by atoms with Gasteiger partial charge in [-0.3, -0.25) is 0 Å². The van der Waals surface area contributed by atoms with Crippen molar-refractivity contribution in [1.82, 2.24) is 29.9 Å². The molecular weight excluding hydrogens is 2260 g/mol. The van der Waals surface area contributed by atoms with E-state index >= 15 is 0 Å². The van der Waals surface area contributed by atoms with Crippen LogP contribution in [0.3, 0.4) is 0 Å². The van der Waals surface area contributed by atoms with Crippen molar-refractivity contribution in [3.05, 3.63) is 581 Å². The Kier molecular flexibility index (Phi) is 33.9. The fourth-order valence-corrected chi connectivity index (χ4v) is 15.8. The molecule has 4 aliphatic rings. The molecule has 25 rings (SSSR count). The number of aromatic nitrogens is 9. The molecule has 0 N–H and O–H groups in total. The SMILES string of the molecule is Cc1cc(-c2[c-]cccc2)ncc1-c1ccccc1.Cc1cc[c-]c(-c2ccc(-c3ccccc3C)cn2)c1.Cc1cc[n+]2c(n1)-c1ccccc1C2.[2H]c1c[n+]2c(c([2H])c1[2H])-c1c([2H])c([2H])c([2H])c([2H])c1C2.[Ir+3].[Ir].[Ir].[c-]1ccccc1-c1ccccn1.[c-]1ccccc1-c1ccccn1.[c-]1ccccc1-c1ccccn1.[c-]1ccccc1N1C=CN(c2ccccc2)[CH-]1.c1ccc(-c2ccc3c(c2)-c2cccc[n+]2C3)cc1. The van der Waals surface area contributed by atoms with Gasteiger partial charge in [0.25, 0.3) is 0 Å². The molecule has 0 amide bonds. The van der Waals surface area contributed by atoms with Gasteiger partial charge in [0.1, 0.15) is 6.54 Å². The van der Waals surface area contributed by atoms with Gasteiger partial charge in [0, 0.05) is 136 Å². The molecule has 12 heterocycles. The average Bonchev–Trinajstić information content (AvgIpc) is 1.58. The molecule has 0 fully saturated rings. The summed E-state index contributed by atoms with van der Waals surface area (Å²) in [6, 6.07) is 150. The fraction of sp³-hybridized carbons (Fsp3) is 0.0551. The Bertz CT molecular complexity index is 7580. The normalized spacial score (nSPS) is 11.8. The zero-order valence-corrected chi connectivity index (χ0v) is 85.1. The summed E-state index contributed by atoms with van der Waals surface area (Å²) in [5.74, 6) is 1.10. The van der Waals surface area contributed by atoms with Gasteiger partial charge in [-0.15, -0.1) is 191 Å². The van der Waals surface area contributed by atoms with E-state index in [0.29, 0.717) is 5.56 Å². The topological polar surface area (TPSA) is 95.5 Å². The summed E-state index contributed by atoms with van der Waals surface area (Å²) in [6.07, 6.45) is 19.0. The number of fused-ring (bicyclic) bond motifs is 9. The molecule has 21 aromatic rings. The third kappa shape index (κ3) is 27.6. The van der Waals surface area contributed by atoms with Crippen molar-refractivity contribution in [2.45, 2.75) is 47.3 Å². The van der Waals surface area contributed by atoms with Crippen molar-refractivity contribution in [2.75, 3.05) is 9.80 Å². The van der Waals surface area contributed by atoms with E-state index in [1.54, 1.807) is 23.2 Å². The molecule has 0 aliphatic carbocycles. The summed E-state index contributed by atoms with van der Waals surface area (Å²) < 4.78 is 60.6. The molecule has 11 nitrogen and oxygen atoms in total. The molecule has 13 aromatic carbocycles. The van der Waals surface area contributed by atoms with Crippen LogP contribution in [0.1, 0.15) is 48.7 Å². The van der Waals surface area contributed by atoms with E-state index in [-0.39, 0.29) is 120 Å². The maximum absolute atomic E-state index is 7.97. The van der Waals surface area contributed by atoms with Crippen LogP contribution in [0.15, 0.2) is 499 Å². The molecule has 14 heteroatoms. The molecule has 0 atom stereocenters. The maximum Gasteiger partial charge on any atom is 3.00 e. The number of pyridine rings is 7. The van der Waals surface area contributed by atoms with Crippen LogP contribution in [0.4, 0.5) is 11.4 Å². The van der Waals surface area contributed by atoms with Gasteiger partial charge in [0.2, 0.25) is 11.4 Å². The molecule has 692 valence electrons. The van der Waals surface area contributed by atoms with Gasteiger partial charge >= 0.3 is 25.9 Å². The van der Waals surface area contributed by atoms with Gasteiger partial charge < -0.3 is 34.7 Å².